The Morgan fingerprint density at radius 3 is 2.88 bits per heavy atom. The van der Waals surface area contributed by atoms with Crippen LogP contribution in [0.1, 0.15) is 21.1 Å². The molecule has 1 amide bonds. The second-order valence-electron chi connectivity index (χ2n) is 5.36. The number of para-hydroxylation sites is 1. The molecular weight excluding hydrogens is 326 g/mol. The summed E-state index contributed by atoms with van der Waals surface area (Å²) < 4.78 is 4.83. The average molecular weight is 343 g/mol. The van der Waals surface area contributed by atoms with Crippen LogP contribution in [-0.4, -0.2) is 35.0 Å². The SMILES string of the molecule is COC(=O)[C@@H](Cc1c[nH]c2ccccc12)NC(=O)c1csc(C)n1. The van der Waals surface area contributed by atoms with E-state index in [0.29, 0.717) is 12.1 Å². The number of ether oxygens (including phenoxy) is 1. The number of methoxy groups -OCH3 is 1. The largest absolute Gasteiger partial charge is 0.467 e. The number of nitrogens with zero attached hydrogens (tertiary/aromatic N) is 1. The molecule has 2 N–H and O–H groups in total. The normalized spacial score (nSPS) is 12.1. The van der Waals surface area contributed by atoms with Gasteiger partial charge < -0.3 is 15.0 Å². The Labute approximate surface area is 142 Å². The first kappa shape index (κ1) is 16.2. The zero-order valence-corrected chi connectivity index (χ0v) is 14.1. The maximum Gasteiger partial charge on any atom is 0.328 e. The van der Waals surface area contributed by atoms with Crippen molar-refractivity contribution in [2.24, 2.45) is 0 Å². The number of fused-ring (bicyclic) bond motifs is 1. The topological polar surface area (TPSA) is 84.1 Å². The van der Waals surface area contributed by atoms with Gasteiger partial charge >= 0.3 is 5.97 Å². The first-order valence-electron chi connectivity index (χ1n) is 7.44. The van der Waals surface area contributed by atoms with Crippen LogP contribution in [0.5, 0.6) is 0 Å². The zero-order valence-electron chi connectivity index (χ0n) is 13.3. The number of hydrogen-bond donors (Lipinski definition) is 2. The standard InChI is InChI=1S/C17H17N3O3S/c1-10-19-15(9-24-10)16(21)20-14(17(22)23-2)7-11-8-18-13-6-4-3-5-12(11)13/h3-6,8-9,14,18H,7H2,1-2H3,(H,20,21)/t14-/m1/s1. The predicted octanol–water partition coefficient (Wildman–Crippen LogP) is 2.45. The predicted molar refractivity (Wildman–Crippen MR) is 92.1 cm³/mol. The zero-order chi connectivity index (χ0) is 17.1. The fourth-order valence-electron chi connectivity index (χ4n) is 2.56. The molecule has 124 valence electrons. The Morgan fingerprint density at radius 1 is 1.38 bits per heavy atom. The number of H-pyrrole nitrogens is 1. The second kappa shape index (κ2) is 6.84. The van der Waals surface area contributed by atoms with E-state index in [1.165, 1.54) is 18.4 Å². The highest BCUT2D eigenvalue weighted by Crippen LogP contribution is 2.19. The minimum atomic E-state index is -0.774. The van der Waals surface area contributed by atoms with Gasteiger partial charge in [-0.25, -0.2) is 9.78 Å². The minimum Gasteiger partial charge on any atom is -0.467 e. The number of nitrogens with one attached hydrogen (secondary N) is 2. The Kier molecular flexibility index (Phi) is 4.61. The first-order chi connectivity index (χ1) is 11.6. The van der Waals surface area contributed by atoms with Gasteiger partial charge in [-0.2, -0.15) is 0 Å². The molecule has 0 fully saturated rings. The van der Waals surface area contributed by atoms with Crippen molar-refractivity contribution in [1.29, 1.82) is 0 Å². The molecule has 0 radical (unpaired) electrons. The molecule has 1 aromatic carbocycles. The molecule has 0 saturated heterocycles. The maximum absolute atomic E-state index is 12.3. The Hall–Kier alpha value is -2.67. The number of hydrogen-bond acceptors (Lipinski definition) is 5. The number of esters is 1. The number of aryl methyl sites for hydroxylation is 1. The number of aromatic nitrogens is 2. The van der Waals surface area contributed by atoms with Gasteiger partial charge in [0.15, 0.2) is 0 Å². The fraction of sp³-hybridized carbons (Fsp3) is 0.235. The van der Waals surface area contributed by atoms with Crippen LogP contribution in [0.15, 0.2) is 35.8 Å². The summed E-state index contributed by atoms with van der Waals surface area (Å²) in [6.07, 6.45) is 2.19. The highest BCUT2D eigenvalue weighted by molar-refractivity contribution is 7.09. The van der Waals surface area contributed by atoms with E-state index in [4.69, 9.17) is 4.74 Å². The van der Waals surface area contributed by atoms with E-state index in [1.807, 2.05) is 37.4 Å². The molecule has 3 rings (SSSR count). The van der Waals surface area contributed by atoms with E-state index < -0.39 is 12.0 Å². The Balaban J connectivity index is 1.81. The van der Waals surface area contributed by atoms with Gasteiger partial charge in [0.25, 0.3) is 5.91 Å². The fourth-order valence-corrected chi connectivity index (χ4v) is 3.15. The smallest absolute Gasteiger partial charge is 0.328 e. The third kappa shape index (κ3) is 3.30. The van der Waals surface area contributed by atoms with Crippen LogP contribution < -0.4 is 5.32 Å². The van der Waals surface area contributed by atoms with Crippen molar-refractivity contribution in [2.45, 2.75) is 19.4 Å². The third-order valence-corrected chi connectivity index (χ3v) is 4.52. The van der Waals surface area contributed by atoms with Crippen molar-refractivity contribution in [3.63, 3.8) is 0 Å². The molecule has 2 aromatic heterocycles. The van der Waals surface area contributed by atoms with Crippen LogP contribution in [-0.2, 0) is 16.0 Å². The van der Waals surface area contributed by atoms with Crippen LogP contribution in [0.2, 0.25) is 0 Å². The third-order valence-electron chi connectivity index (χ3n) is 3.74. The lowest BCUT2D eigenvalue weighted by Gasteiger charge is -2.15. The van der Waals surface area contributed by atoms with Crippen LogP contribution >= 0.6 is 11.3 Å². The quantitative estimate of drug-likeness (QED) is 0.697. The molecule has 0 spiro atoms. The van der Waals surface area contributed by atoms with Crippen LogP contribution in [0.4, 0.5) is 0 Å². The number of amides is 1. The van der Waals surface area contributed by atoms with Crippen molar-refractivity contribution in [2.75, 3.05) is 7.11 Å². The number of aromatic amines is 1. The molecule has 0 saturated carbocycles. The Bertz CT molecular complexity index is 884. The van der Waals surface area contributed by atoms with Gasteiger partial charge in [0.2, 0.25) is 0 Å². The van der Waals surface area contributed by atoms with Gasteiger partial charge in [0, 0.05) is 28.9 Å². The van der Waals surface area contributed by atoms with E-state index in [1.54, 1.807) is 5.38 Å². The van der Waals surface area contributed by atoms with Crippen LogP contribution in [0, 0.1) is 6.92 Å². The molecule has 6 nitrogen and oxygen atoms in total. The van der Waals surface area contributed by atoms with Crippen molar-refractivity contribution in [1.82, 2.24) is 15.3 Å². The van der Waals surface area contributed by atoms with E-state index in [-0.39, 0.29) is 5.91 Å². The summed E-state index contributed by atoms with van der Waals surface area (Å²) in [5.74, 6) is -0.866. The number of carbonyl (C=O) groups excluding carboxylic acids is 2. The van der Waals surface area contributed by atoms with E-state index in [9.17, 15) is 9.59 Å². The lowest BCUT2D eigenvalue weighted by Crippen LogP contribution is -2.43. The Morgan fingerprint density at radius 2 is 2.17 bits per heavy atom. The average Bonchev–Trinajstić information content (AvgIpc) is 3.20. The van der Waals surface area contributed by atoms with Gasteiger partial charge in [-0.3, -0.25) is 4.79 Å². The van der Waals surface area contributed by atoms with E-state index >= 15 is 0 Å². The molecule has 0 aliphatic carbocycles. The van der Waals surface area contributed by atoms with Crippen molar-refractivity contribution < 1.29 is 14.3 Å². The second-order valence-corrected chi connectivity index (χ2v) is 6.43. The maximum atomic E-state index is 12.3. The van der Waals surface area contributed by atoms with Crippen molar-refractivity contribution in [3.8, 4) is 0 Å². The van der Waals surface area contributed by atoms with E-state index in [0.717, 1.165) is 21.5 Å². The number of thiazole rings is 1. The molecule has 2 heterocycles. The molecule has 3 aromatic rings. The summed E-state index contributed by atoms with van der Waals surface area (Å²) >= 11 is 1.39. The molecule has 0 unspecified atom stereocenters. The molecule has 7 heteroatoms. The lowest BCUT2D eigenvalue weighted by atomic mass is 10.0. The monoisotopic (exact) mass is 343 g/mol. The highest BCUT2D eigenvalue weighted by atomic mass is 32.1. The van der Waals surface area contributed by atoms with Crippen molar-refractivity contribution >= 4 is 34.1 Å². The summed E-state index contributed by atoms with van der Waals surface area (Å²) in [5.41, 5.74) is 2.23. The van der Waals surface area contributed by atoms with Gasteiger partial charge in [0.1, 0.15) is 11.7 Å². The molecule has 1 atom stereocenters. The van der Waals surface area contributed by atoms with Crippen molar-refractivity contribution in [3.05, 3.63) is 52.1 Å². The summed E-state index contributed by atoms with van der Waals surface area (Å²) in [7, 11) is 1.31. The van der Waals surface area contributed by atoms with Crippen LogP contribution in [0.25, 0.3) is 10.9 Å². The lowest BCUT2D eigenvalue weighted by molar-refractivity contribution is -0.142. The molecule has 0 aliphatic rings. The molecule has 24 heavy (non-hydrogen) atoms. The molecule has 0 bridgehead atoms. The van der Waals surface area contributed by atoms with Crippen LogP contribution in [0.3, 0.4) is 0 Å². The summed E-state index contributed by atoms with van der Waals surface area (Å²) in [6, 6.07) is 7.03. The van der Waals surface area contributed by atoms with Gasteiger partial charge in [0.05, 0.1) is 12.1 Å². The van der Waals surface area contributed by atoms with Gasteiger partial charge in [-0.15, -0.1) is 11.3 Å². The van der Waals surface area contributed by atoms with Gasteiger partial charge in [-0.1, -0.05) is 18.2 Å². The molecular formula is C17H17N3O3S. The molecule has 0 aliphatic heterocycles. The van der Waals surface area contributed by atoms with Gasteiger partial charge in [-0.05, 0) is 18.6 Å². The minimum absolute atomic E-state index is 0.310. The summed E-state index contributed by atoms with van der Waals surface area (Å²) in [6.45, 7) is 1.82. The number of rotatable bonds is 5. The van der Waals surface area contributed by atoms with E-state index in [2.05, 4.69) is 15.3 Å². The highest BCUT2D eigenvalue weighted by Gasteiger charge is 2.24. The summed E-state index contributed by atoms with van der Waals surface area (Å²) in [4.78, 5) is 31.7. The number of carbonyl (C=O) groups is 2. The first-order valence-corrected chi connectivity index (χ1v) is 8.32. The summed E-state index contributed by atoms with van der Waals surface area (Å²) in [5, 5.41) is 6.20. The number of benzene rings is 1.